The van der Waals surface area contributed by atoms with Crippen LogP contribution in [0, 0.1) is 18.4 Å². The second-order valence-corrected chi connectivity index (χ2v) is 10.6. The van der Waals surface area contributed by atoms with Crippen molar-refractivity contribution >= 4 is 34.8 Å². The van der Waals surface area contributed by atoms with E-state index >= 15 is 0 Å². The van der Waals surface area contributed by atoms with E-state index in [1.165, 1.54) is 11.3 Å². The Hall–Kier alpha value is -3.52. The number of aliphatic hydroxyl groups excluding tert-OH is 1. The van der Waals surface area contributed by atoms with Crippen molar-refractivity contribution in [3.63, 3.8) is 0 Å². The van der Waals surface area contributed by atoms with Gasteiger partial charge in [0, 0.05) is 50.9 Å². The molecule has 0 aliphatic carbocycles. The van der Waals surface area contributed by atoms with E-state index in [0.29, 0.717) is 29.4 Å². The van der Waals surface area contributed by atoms with Crippen LogP contribution in [0.4, 0.5) is 11.4 Å². The monoisotopic (exact) mass is 567 g/mol. The van der Waals surface area contributed by atoms with E-state index in [9.17, 15) is 9.90 Å². The highest BCUT2D eigenvalue weighted by Crippen LogP contribution is 2.32. The van der Waals surface area contributed by atoms with Gasteiger partial charge < -0.3 is 30.7 Å². The summed E-state index contributed by atoms with van der Waals surface area (Å²) in [7, 11) is 1.63. The van der Waals surface area contributed by atoms with Gasteiger partial charge in [-0.05, 0) is 49.6 Å². The molecule has 10 nitrogen and oxygen atoms in total. The Labute approximate surface area is 241 Å². The third kappa shape index (κ3) is 7.56. The molecule has 0 spiro atoms. The minimum atomic E-state index is -0.926. The number of likely N-dealkylation sites (tertiary alicyclic amines) is 1. The highest BCUT2D eigenvalue weighted by Gasteiger charge is 2.33. The molecule has 0 radical (unpaired) electrons. The number of para-hydroxylation sites is 1. The van der Waals surface area contributed by atoms with Crippen LogP contribution in [0.5, 0.6) is 5.75 Å². The van der Waals surface area contributed by atoms with Crippen LogP contribution in [0.3, 0.4) is 0 Å². The topological polar surface area (TPSA) is 125 Å². The molecule has 2 aromatic rings. The summed E-state index contributed by atoms with van der Waals surface area (Å²) >= 11 is 6.57. The van der Waals surface area contributed by atoms with Crippen molar-refractivity contribution in [2.75, 3.05) is 43.4 Å². The maximum Gasteiger partial charge on any atom is 0.241 e. The van der Waals surface area contributed by atoms with Crippen LogP contribution in [0.15, 0.2) is 47.5 Å². The molecule has 1 unspecified atom stereocenters. The summed E-state index contributed by atoms with van der Waals surface area (Å²) in [6.45, 7) is 4.68. The number of aliphatic imine (C=N–C) groups is 1. The van der Waals surface area contributed by atoms with E-state index in [-0.39, 0.29) is 24.5 Å². The molecule has 2 heterocycles. The number of nitrogens with one attached hydrogen (secondary N) is 3. The number of ether oxygens (including phenoxy) is 1. The van der Waals surface area contributed by atoms with Gasteiger partial charge in [0.15, 0.2) is 0 Å². The van der Waals surface area contributed by atoms with E-state index in [4.69, 9.17) is 21.6 Å². The van der Waals surface area contributed by atoms with Crippen molar-refractivity contribution in [3.8, 4) is 11.9 Å². The molecule has 0 aromatic heterocycles. The van der Waals surface area contributed by atoms with E-state index in [1.807, 2.05) is 0 Å². The predicted octanol–water partition coefficient (Wildman–Crippen LogP) is 3.45. The van der Waals surface area contributed by atoms with Gasteiger partial charge in [-0.3, -0.25) is 9.69 Å². The molecule has 2 saturated heterocycles. The lowest BCUT2D eigenvalue weighted by molar-refractivity contribution is -0.128. The van der Waals surface area contributed by atoms with E-state index in [0.717, 1.165) is 38.8 Å². The van der Waals surface area contributed by atoms with Gasteiger partial charge in [0.25, 0.3) is 0 Å². The molecule has 11 heteroatoms. The Bertz CT molecular complexity index is 1230. The number of nitriles is 1. The molecule has 0 saturated carbocycles. The SMILES string of the molecule is CN/C(=N\C#N)NCC(O)N1CCCC[C@@H]1C(=O)Nc1ccc(OC2CCN(c3ccccc3C)CC2)c(Cl)c1. The van der Waals surface area contributed by atoms with Crippen LogP contribution in [-0.4, -0.2) is 73.5 Å². The quantitative estimate of drug-likeness (QED) is 0.217. The normalized spacial score (nSPS) is 19.4. The smallest absolute Gasteiger partial charge is 0.241 e. The maximum atomic E-state index is 13.2. The van der Waals surface area contributed by atoms with Crippen LogP contribution in [0.2, 0.25) is 5.02 Å². The fourth-order valence-corrected chi connectivity index (χ4v) is 5.57. The fourth-order valence-electron chi connectivity index (χ4n) is 5.34. The highest BCUT2D eigenvalue weighted by atomic mass is 35.5. The average Bonchev–Trinajstić information content (AvgIpc) is 2.97. The number of rotatable bonds is 8. The molecule has 4 N–H and O–H groups in total. The van der Waals surface area contributed by atoms with Gasteiger partial charge in [-0.15, -0.1) is 4.99 Å². The van der Waals surface area contributed by atoms with E-state index in [2.05, 4.69) is 57.0 Å². The summed E-state index contributed by atoms with van der Waals surface area (Å²) < 4.78 is 6.24. The summed E-state index contributed by atoms with van der Waals surface area (Å²) in [5, 5.41) is 28.6. The van der Waals surface area contributed by atoms with Gasteiger partial charge in [-0.25, -0.2) is 0 Å². The van der Waals surface area contributed by atoms with Crippen molar-refractivity contribution in [1.29, 1.82) is 5.26 Å². The minimum Gasteiger partial charge on any atom is -0.489 e. The van der Waals surface area contributed by atoms with Gasteiger partial charge in [-0.1, -0.05) is 36.2 Å². The van der Waals surface area contributed by atoms with Crippen molar-refractivity contribution < 1.29 is 14.6 Å². The maximum absolute atomic E-state index is 13.2. The number of hydrogen-bond acceptors (Lipinski definition) is 7. The van der Waals surface area contributed by atoms with E-state index in [1.54, 1.807) is 36.3 Å². The van der Waals surface area contributed by atoms with Crippen LogP contribution < -0.4 is 25.6 Å². The third-order valence-corrected chi connectivity index (χ3v) is 7.77. The third-order valence-electron chi connectivity index (χ3n) is 7.47. The Morgan fingerprint density at radius 1 is 1.20 bits per heavy atom. The first kappa shape index (κ1) is 29.5. The zero-order valence-corrected chi connectivity index (χ0v) is 23.8. The lowest BCUT2D eigenvalue weighted by Crippen LogP contribution is -2.55. The number of guanidine groups is 1. The number of hydrogen-bond donors (Lipinski definition) is 4. The number of carbonyl (C=O) groups excluding carboxylic acids is 1. The zero-order valence-electron chi connectivity index (χ0n) is 23.1. The number of carbonyl (C=O) groups is 1. The van der Waals surface area contributed by atoms with Gasteiger partial charge in [0.2, 0.25) is 18.1 Å². The molecule has 0 bridgehead atoms. The molecule has 40 heavy (non-hydrogen) atoms. The van der Waals surface area contributed by atoms with Crippen LogP contribution >= 0.6 is 11.6 Å². The predicted molar refractivity (Wildman–Crippen MR) is 158 cm³/mol. The Kier molecular flexibility index (Phi) is 10.5. The highest BCUT2D eigenvalue weighted by molar-refractivity contribution is 6.32. The largest absolute Gasteiger partial charge is 0.489 e. The molecule has 2 atom stereocenters. The average molecular weight is 568 g/mol. The lowest BCUT2D eigenvalue weighted by atomic mass is 10.0. The first-order valence-corrected chi connectivity index (χ1v) is 14.2. The minimum absolute atomic E-state index is 0.0748. The zero-order chi connectivity index (χ0) is 28.5. The van der Waals surface area contributed by atoms with Gasteiger partial charge in [-0.2, -0.15) is 5.26 Å². The van der Waals surface area contributed by atoms with Crippen LogP contribution in [0.25, 0.3) is 0 Å². The van der Waals surface area contributed by atoms with Crippen LogP contribution in [-0.2, 0) is 4.79 Å². The number of piperidine rings is 2. The van der Waals surface area contributed by atoms with E-state index < -0.39 is 12.3 Å². The molecule has 4 rings (SSSR count). The molecular formula is C29H38ClN7O3. The summed E-state index contributed by atoms with van der Waals surface area (Å²) in [5.74, 6) is 0.661. The molecule has 1 amide bonds. The first-order valence-electron chi connectivity index (χ1n) is 13.8. The summed E-state index contributed by atoms with van der Waals surface area (Å²) in [6, 6.07) is 13.2. The van der Waals surface area contributed by atoms with Gasteiger partial charge >= 0.3 is 0 Å². The van der Waals surface area contributed by atoms with Crippen molar-refractivity contribution in [3.05, 3.63) is 53.1 Å². The number of nitrogens with zero attached hydrogens (tertiary/aromatic N) is 4. The number of anilines is 2. The second-order valence-electron chi connectivity index (χ2n) is 10.1. The van der Waals surface area contributed by atoms with Crippen molar-refractivity contribution in [2.45, 2.75) is 57.4 Å². The Morgan fingerprint density at radius 2 is 1.98 bits per heavy atom. The van der Waals surface area contributed by atoms with Crippen molar-refractivity contribution in [1.82, 2.24) is 15.5 Å². The van der Waals surface area contributed by atoms with Crippen molar-refractivity contribution in [2.24, 2.45) is 4.99 Å². The standard InChI is InChI=1S/C29H38ClN7O3/c1-20-7-3-4-8-24(20)36-15-12-22(13-16-36)40-26-11-10-21(17-23(26)30)35-28(39)25-9-5-6-14-37(25)27(38)18-33-29(32-2)34-19-31/h3-4,7-8,10-11,17,22,25,27,38H,5-6,9,12-16,18H2,1-2H3,(H,35,39)(H2,32,33,34)/t25-,27?/m1/s1. The molecular weight excluding hydrogens is 530 g/mol. The second kappa shape index (κ2) is 14.2. The molecule has 2 aliphatic heterocycles. The van der Waals surface area contributed by atoms with Crippen LogP contribution in [0.1, 0.15) is 37.7 Å². The number of halogens is 1. The number of amides is 1. The molecule has 2 aromatic carbocycles. The molecule has 2 aliphatic rings. The molecule has 214 valence electrons. The number of aliphatic hydroxyl groups is 1. The summed E-state index contributed by atoms with van der Waals surface area (Å²) in [6.07, 6.45) is 5.05. The van der Waals surface area contributed by atoms with Gasteiger partial charge in [0.05, 0.1) is 17.6 Å². The van der Waals surface area contributed by atoms with Gasteiger partial charge in [0.1, 0.15) is 18.1 Å². The Morgan fingerprint density at radius 3 is 2.67 bits per heavy atom. The fraction of sp³-hybridized carbons (Fsp3) is 0.483. The number of aryl methyl sites for hydroxylation is 1. The first-order chi connectivity index (χ1) is 19.4. The summed E-state index contributed by atoms with van der Waals surface area (Å²) in [5.41, 5.74) is 3.13. The lowest BCUT2D eigenvalue weighted by Gasteiger charge is -2.38. The Balaban J connectivity index is 1.31. The molecule has 2 fully saturated rings. The summed E-state index contributed by atoms with van der Waals surface area (Å²) in [4.78, 5) is 21.0. The number of benzene rings is 2.